The maximum atomic E-state index is 12.6. The molecule has 0 spiro atoms. The molecule has 7 nitrogen and oxygen atoms in total. The molecule has 0 bridgehead atoms. The van der Waals surface area contributed by atoms with Crippen molar-refractivity contribution in [3.05, 3.63) is 55.7 Å². The van der Waals surface area contributed by atoms with E-state index in [1.54, 1.807) is 12.1 Å². The lowest BCUT2D eigenvalue weighted by Crippen LogP contribution is -2.41. The van der Waals surface area contributed by atoms with Gasteiger partial charge >= 0.3 is 5.69 Å². The van der Waals surface area contributed by atoms with Crippen molar-refractivity contribution in [3.63, 3.8) is 0 Å². The summed E-state index contributed by atoms with van der Waals surface area (Å²) in [6, 6.07) is 5.17. The first kappa shape index (κ1) is 18.0. The number of aromatic nitrogens is 2. The summed E-state index contributed by atoms with van der Waals surface area (Å²) in [6.07, 6.45) is 4.88. The average Bonchev–Trinajstić information content (AvgIpc) is 2.58. The fourth-order valence-electron chi connectivity index (χ4n) is 3.34. The SMILES string of the molecule is Cc1ccc(-n2c(O)c(C(=O)NC3CCCCC3)c(=O)[nH]c2=O)cc1C. The molecular formula is C19H23N3O4. The second-order valence-electron chi connectivity index (χ2n) is 6.87. The van der Waals surface area contributed by atoms with Crippen molar-refractivity contribution in [3.8, 4) is 11.6 Å². The number of rotatable bonds is 3. The second-order valence-corrected chi connectivity index (χ2v) is 6.87. The Labute approximate surface area is 150 Å². The third kappa shape index (κ3) is 3.42. The van der Waals surface area contributed by atoms with Crippen LogP contribution in [0.25, 0.3) is 5.69 Å². The fraction of sp³-hybridized carbons (Fsp3) is 0.421. The molecule has 138 valence electrons. The maximum Gasteiger partial charge on any atom is 0.335 e. The molecule has 1 saturated carbocycles. The molecule has 1 aliphatic carbocycles. The molecule has 1 heterocycles. The van der Waals surface area contributed by atoms with Crippen LogP contribution in [-0.2, 0) is 0 Å². The van der Waals surface area contributed by atoms with E-state index in [1.165, 1.54) is 0 Å². The van der Waals surface area contributed by atoms with Crippen LogP contribution in [0.15, 0.2) is 27.8 Å². The van der Waals surface area contributed by atoms with E-state index in [2.05, 4.69) is 10.3 Å². The zero-order valence-corrected chi connectivity index (χ0v) is 15.0. The van der Waals surface area contributed by atoms with Crippen molar-refractivity contribution in [1.82, 2.24) is 14.9 Å². The monoisotopic (exact) mass is 357 g/mol. The van der Waals surface area contributed by atoms with Gasteiger partial charge in [-0.1, -0.05) is 25.3 Å². The number of carbonyl (C=O) groups is 1. The molecule has 1 amide bonds. The highest BCUT2D eigenvalue weighted by Gasteiger charge is 2.24. The van der Waals surface area contributed by atoms with Crippen LogP contribution in [0.4, 0.5) is 0 Å². The summed E-state index contributed by atoms with van der Waals surface area (Å²) in [5.74, 6) is -1.30. The summed E-state index contributed by atoms with van der Waals surface area (Å²) in [7, 11) is 0. The van der Waals surface area contributed by atoms with Gasteiger partial charge in [0, 0.05) is 6.04 Å². The van der Waals surface area contributed by atoms with E-state index in [0.29, 0.717) is 5.69 Å². The molecule has 0 atom stereocenters. The molecule has 3 N–H and O–H groups in total. The van der Waals surface area contributed by atoms with Crippen LogP contribution in [-0.4, -0.2) is 26.6 Å². The topological polar surface area (TPSA) is 104 Å². The Morgan fingerprint density at radius 3 is 2.50 bits per heavy atom. The van der Waals surface area contributed by atoms with E-state index in [9.17, 15) is 19.5 Å². The largest absolute Gasteiger partial charge is 0.493 e. The van der Waals surface area contributed by atoms with Gasteiger partial charge in [0.2, 0.25) is 5.88 Å². The third-order valence-corrected chi connectivity index (χ3v) is 5.00. The van der Waals surface area contributed by atoms with Crippen LogP contribution in [0, 0.1) is 13.8 Å². The zero-order chi connectivity index (χ0) is 18.8. The van der Waals surface area contributed by atoms with E-state index in [0.717, 1.165) is 47.8 Å². The quantitative estimate of drug-likeness (QED) is 0.780. The molecule has 0 radical (unpaired) electrons. The number of carbonyl (C=O) groups excluding carboxylic acids is 1. The number of hydrogen-bond donors (Lipinski definition) is 3. The van der Waals surface area contributed by atoms with Gasteiger partial charge < -0.3 is 10.4 Å². The number of aromatic amines is 1. The summed E-state index contributed by atoms with van der Waals surface area (Å²) in [5, 5.41) is 13.3. The Hall–Kier alpha value is -2.83. The van der Waals surface area contributed by atoms with E-state index >= 15 is 0 Å². The highest BCUT2D eigenvalue weighted by atomic mass is 16.3. The molecule has 0 unspecified atom stereocenters. The van der Waals surface area contributed by atoms with Crippen molar-refractivity contribution < 1.29 is 9.90 Å². The highest BCUT2D eigenvalue weighted by Crippen LogP contribution is 2.21. The van der Waals surface area contributed by atoms with Gasteiger partial charge in [0.05, 0.1) is 5.69 Å². The second kappa shape index (κ2) is 7.19. The number of hydrogen-bond acceptors (Lipinski definition) is 4. The highest BCUT2D eigenvalue weighted by molar-refractivity contribution is 5.96. The van der Waals surface area contributed by atoms with Gasteiger partial charge in [-0.3, -0.25) is 14.6 Å². The van der Waals surface area contributed by atoms with Crippen molar-refractivity contribution in [2.45, 2.75) is 52.0 Å². The summed E-state index contributed by atoms with van der Waals surface area (Å²) >= 11 is 0. The number of benzene rings is 1. The van der Waals surface area contributed by atoms with Crippen LogP contribution in [0.5, 0.6) is 5.88 Å². The van der Waals surface area contributed by atoms with Gasteiger partial charge in [-0.05, 0) is 49.9 Å². The number of aryl methyl sites for hydroxylation is 2. The minimum absolute atomic E-state index is 0.0166. The van der Waals surface area contributed by atoms with Gasteiger partial charge in [0.25, 0.3) is 11.5 Å². The summed E-state index contributed by atoms with van der Waals surface area (Å²) in [5.41, 5.74) is 0.229. The molecular weight excluding hydrogens is 334 g/mol. The predicted molar refractivity (Wildman–Crippen MR) is 98.1 cm³/mol. The average molecular weight is 357 g/mol. The van der Waals surface area contributed by atoms with Crippen molar-refractivity contribution in [2.24, 2.45) is 0 Å². The Balaban J connectivity index is 2.03. The fourth-order valence-corrected chi connectivity index (χ4v) is 3.34. The Morgan fingerprint density at radius 1 is 1.15 bits per heavy atom. The number of aromatic hydroxyl groups is 1. The molecule has 1 aliphatic rings. The van der Waals surface area contributed by atoms with Crippen molar-refractivity contribution >= 4 is 5.91 Å². The van der Waals surface area contributed by atoms with Crippen molar-refractivity contribution in [1.29, 1.82) is 0 Å². The van der Waals surface area contributed by atoms with Crippen molar-refractivity contribution in [2.75, 3.05) is 0 Å². The van der Waals surface area contributed by atoms with Crippen LogP contribution in [0.1, 0.15) is 53.6 Å². The smallest absolute Gasteiger partial charge is 0.335 e. The van der Waals surface area contributed by atoms with Gasteiger partial charge in [0.15, 0.2) is 5.56 Å². The molecule has 26 heavy (non-hydrogen) atoms. The Morgan fingerprint density at radius 2 is 1.85 bits per heavy atom. The Bertz CT molecular complexity index is 952. The van der Waals surface area contributed by atoms with Gasteiger partial charge in [-0.25, -0.2) is 9.36 Å². The molecule has 1 aromatic carbocycles. The van der Waals surface area contributed by atoms with Gasteiger partial charge in [0.1, 0.15) is 0 Å². The number of amides is 1. The number of nitrogens with zero attached hydrogens (tertiary/aromatic N) is 1. The minimum atomic E-state index is -0.888. The lowest BCUT2D eigenvalue weighted by Gasteiger charge is -2.23. The first-order valence-corrected chi connectivity index (χ1v) is 8.85. The van der Waals surface area contributed by atoms with E-state index < -0.39 is 28.6 Å². The summed E-state index contributed by atoms with van der Waals surface area (Å²) < 4.78 is 0.948. The molecule has 3 rings (SSSR count). The van der Waals surface area contributed by atoms with E-state index in [-0.39, 0.29) is 6.04 Å². The van der Waals surface area contributed by atoms with E-state index in [1.807, 2.05) is 19.9 Å². The lowest BCUT2D eigenvalue weighted by atomic mass is 9.95. The molecule has 1 fully saturated rings. The molecule has 7 heteroatoms. The van der Waals surface area contributed by atoms with Crippen LogP contribution >= 0.6 is 0 Å². The number of H-pyrrole nitrogens is 1. The minimum Gasteiger partial charge on any atom is -0.493 e. The molecule has 1 aromatic heterocycles. The van der Waals surface area contributed by atoms with Gasteiger partial charge in [-0.15, -0.1) is 0 Å². The summed E-state index contributed by atoms with van der Waals surface area (Å²) in [6.45, 7) is 3.81. The van der Waals surface area contributed by atoms with Gasteiger partial charge in [-0.2, -0.15) is 0 Å². The van der Waals surface area contributed by atoms with Crippen LogP contribution < -0.4 is 16.6 Å². The first-order chi connectivity index (χ1) is 12.4. The predicted octanol–water partition coefficient (Wildman–Crippen LogP) is 1.91. The molecule has 2 aromatic rings. The summed E-state index contributed by atoms with van der Waals surface area (Å²) in [4.78, 5) is 39.1. The lowest BCUT2D eigenvalue weighted by molar-refractivity contribution is 0.0922. The van der Waals surface area contributed by atoms with Crippen LogP contribution in [0.3, 0.4) is 0 Å². The third-order valence-electron chi connectivity index (χ3n) is 5.00. The standard InChI is InChI=1S/C19H23N3O4/c1-11-8-9-14(10-12(11)2)22-18(25)15(17(24)21-19(22)26)16(23)20-13-6-4-3-5-7-13/h8-10,13,25H,3-7H2,1-2H3,(H,20,23)(H,21,24,26). The van der Waals surface area contributed by atoms with E-state index in [4.69, 9.17) is 0 Å². The van der Waals surface area contributed by atoms with Crippen LogP contribution in [0.2, 0.25) is 0 Å². The molecule has 0 saturated heterocycles. The first-order valence-electron chi connectivity index (χ1n) is 8.85. The molecule has 0 aliphatic heterocycles. The normalized spacial score (nSPS) is 15.0. The maximum absolute atomic E-state index is 12.6. The Kier molecular flexibility index (Phi) is 4.97. The zero-order valence-electron chi connectivity index (χ0n) is 15.0. The number of nitrogens with one attached hydrogen (secondary N) is 2.